The van der Waals surface area contributed by atoms with E-state index in [0.29, 0.717) is 0 Å². The van der Waals surface area contributed by atoms with E-state index in [1.807, 2.05) is 31.2 Å². The van der Waals surface area contributed by atoms with Crippen LogP contribution in [0.15, 0.2) is 24.3 Å². The Morgan fingerprint density at radius 1 is 1.29 bits per heavy atom. The topological polar surface area (TPSA) is 45.3 Å². The first-order valence-corrected chi connectivity index (χ1v) is 4.47. The fraction of sp³-hybridized carbons (Fsp3) is 0.200. The van der Waals surface area contributed by atoms with E-state index in [-0.39, 0.29) is 0 Å². The van der Waals surface area contributed by atoms with Gasteiger partial charge in [0.2, 0.25) is 0 Å². The Bertz CT molecular complexity index is 374. The molecule has 2 rings (SSSR count). The van der Waals surface area contributed by atoms with Crippen LogP contribution in [0, 0.1) is 0 Å². The molecule has 0 unspecified atom stereocenters. The van der Waals surface area contributed by atoms with Crippen molar-refractivity contribution in [3.8, 4) is 0 Å². The van der Waals surface area contributed by atoms with E-state index in [2.05, 4.69) is 16.4 Å². The van der Waals surface area contributed by atoms with Crippen molar-refractivity contribution in [2.24, 2.45) is 0 Å². The van der Waals surface area contributed by atoms with Crippen molar-refractivity contribution >= 4 is 17.1 Å². The quantitative estimate of drug-likeness (QED) is 0.625. The molecule has 0 spiro atoms. The van der Waals surface area contributed by atoms with E-state index in [4.69, 9.17) is 4.74 Å². The van der Waals surface area contributed by atoms with Crippen molar-refractivity contribution in [3.63, 3.8) is 0 Å². The Morgan fingerprint density at radius 3 is 2.79 bits per heavy atom. The summed E-state index contributed by atoms with van der Waals surface area (Å²) in [5, 5.41) is 0. The van der Waals surface area contributed by atoms with Crippen LogP contribution in [0.4, 0.5) is 11.4 Å². The van der Waals surface area contributed by atoms with Crippen molar-refractivity contribution in [1.29, 1.82) is 0 Å². The summed E-state index contributed by atoms with van der Waals surface area (Å²) in [5.74, 6) is 0.876. The molecule has 0 aromatic heterocycles. The van der Waals surface area contributed by atoms with Gasteiger partial charge in [-0.05, 0) is 31.2 Å². The molecule has 0 bridgehead atoms. The number of hydrogen-bond donors (Lipinski definition) is 3. The fourth-order valence-electron chi connectivity index (χ4n) is 1.48. The van der Waals surface area contributed by atoms with E-state index >= 15 is 0 Å². The maximum Gasteiger partial charge on any atom is 0.121 e. The smallest absolute Gasteiger partial charge is 0.121 e. The zero-order valence-electron chi connectivity index (χ0n) is 8.22. The summed E-state index contributed by atoms with van der Waals surface area (Å²) in [6, 6.07) is 6.04. The molecule has 1 heterocycles. The first-order chi connectivity index (χ1) is 6.85. The van der Waals surface area contributed by atoms with Gasteiger partial charge in [0.15, 0.2) is 0 Å². The van der Waals surface area contributed by atoms with Crippen LogP contribution in [0.1, 0.15) is 12.5 Å². The maximum absolute atomic E-state index is 5.24. The van der Waals surface area contributed by atoms with Crippen molar-refractivity contribution < 1.29 is 4.74 Å². The number of fused-ring (bicyclic) bond motifs is 1. The van der Waals surface area contributed by atoms with Crippen LogP contribution >= 0.6 is 0 Å². The molecule has 4 heteroatoms. The van der Waals surface area contributed by atoms with Gasteiger partial charge in [-0.2, -0.15) is 0 Å². The minimum absolute atomic E-state index is 0.876. The molecule has 3 N–H and O–H groups in total. The summed E-state index contributed by atoms with van der Waals surface area (Å²) in [5.41, 5.74) is 11.9. The second kappa shape index (κ2) is 3.59. The van der Waals surface area contributed by atoms with Crippen molar-refractivity contribution in [3.05, 3.63) is 29.8 Å². The van der Waals surface area contributed by atoms with Crippen LogP contribution in [-0.2, 0) is 4.74 Å². The van der Waals surface area contributed by atoms with Gasteiger partial charge >= 0.3 is 0 Å². The number of hydrogen-bond acceptors (Lipinski definition) is 4. The Morgan fingerprint density at radius 2 is 2.07 bits per heavy atom. The molecule has 1 aromatic carbocycles. The third-order valence-corrected chi connectivity index (χ3v) is 2.18. The van der Waals surface area contributed by atoms with Gasteiger partial charge < -0.3 is 15.6 Å². The van der Waals surface area contributed by atoms with Gasteiger partial charge in [-0.1, -0.05) is 0 Å². The number of methoxy groups -OCH3 is 1. The Labute approximate surface area is 82.9 Å². The second-order valence-electron chi connectivity index (χ2n) is 2.99. The second-order valence-corrected chi connectivity index (χ2v) is 2.99. The zero-order chi connectivity index (χ0) is 9.97. The van der Waals surface area contributed by atoms with Crippen molar-refractivity contribution in [2.75, 3.05) is 18.0 Å². The third-order valence-electron chi connectivity index (χ3n) is 2.18. The van der Waals surface area contributed by atoms with Crippen LogP contribution in [0.5, 0.6) is 0 Å². The number of hydrazine groups is 2. The molecule has 4 nitrogen and oxygen atoms in total. The first-order valence-electron chi connectivity index (χ1n) is 4.47. The molecular weight excluding hydrogens is 178 g/mol. The van der Waals surface area contributed by atoms with Crippen molar-refractivity contribution in [1.82, 2.24) is 5.53 Å². The molecule has 1 aliphatic heterocycles. The molecule has 1 aliphatic rings. The highest BCUT2D eigenvalue weighted by molar-refractivity contribution is 5.76. The summed E-state index contributed by atoms with van der Waals surface area (Å²) in [7, 11) is 1.67. The van der Waals surface area contributed by atoms with Gasteiger partial charge in [-0.15, -0.1) is 5.53 Å². The number of benzene rings is 1. The van der Waals surface area contributed by atoms with E-state index in [0.717, 1.165) is 22.7 Å². The van der Waals surface area contributed by atoms with E-state index in [9.17, 15) is 0 Å². The Hall–Kier alpha value is -1.68. The molecule has 74 valence electrons. The normalized spacial score (nSPS) is 14.3. The molecule has 0 radical (unpaired) electrons. The van der Waals surface area contributed by atoms with Gasteiger partial charge in [-0.3, -0.25) is 0 Å². The molecular formula is C10H13N3O. The highest BCUT2D eigenvalue weighted by atomic mass is 16.5. The predicted octanol–water partition coefficient (Wildman–Crippen LogP) is 1.95. The Kier molecular flexibility index (Phi) is 2.28. The zero-order valence-corrected chi connectivity index (χ0v) is 8.22. The fourth-order valence-corrected chi connectivity index (χ4v) is 1.48. The van der Waals surface area contributed by atoms with Crippen molar-refractivity contribution in [2.45, 2.75) is 6.92 Å². The summed E-state index contributed by atoms with van der Waals surface area (Å²) in [6.45, 7) is 1.95. The van der Waals surface area contributed by atoms with Gasteiger partial charge in [0.1, 0.15) is 5.76 Å². The SMILES string of the molecule is CC=C(OC)c1ccc2c(c1)NNN2. The summed E-state index contributed by atoms with van der Waals surface area (Å²) in [6.07, 6.45) is 1.94. The molecule has 14 heavy (non-hydrogen) atoms. The van der Waals surface area contributed by atoms with Crippen LogP contribution in [0.3, 0.4) is 0 Å². The molecule has 0 amide bonds. The van der Waals surface area contributed by atoms with E-state index < -0.39 is 0 Å². The number of ether oxygens (including phenoxy) is 1. The molecule has 0 saturated carbocycles. The monoisotopic (exact) mass is 191 g/mol. The third kappa shape index (κ3) is 1.40. The van der Waals surface area contributed by atoms with Crippen LogP contribution in [-0.4, -0.2) is 7.11 Å². The lowest BCUT2D eigenvalue weighted by molar-refractivity contribution is 0.369. The predicted molar refractivity (Wildman–Crippen MR) is 57.5 cm³/mol. The molecule has 0 fully saturated rings. The minimum Gasteiger partial charge on any atom is -0.496 e. The van der Waals surface area contributed by atoms with Gasteiger partial charge in [0, 0.05) is 5.56 Å². The van der Waals surface area contributed by atoms with Gasteiger partial charge in [0.25, 0.3) is 0 Å². The average molecular weight is 191 g/mol. The van der Waals surface area contributed by atoms with Crippen LogP contribution in [0.25, 0.3) is 5.76 Å². The minimum atomic E-state index is 0.876. The highest BCUT2D eigenvalue weighted by Gasteiger charge is 2.10. The highest BCUT2D eigenvalue weighted by Crippen LogP contribution is 2.28. The summed E-state index contributed by atoms with van der Waals surface area (Å²) >= 11 is 0. The van der Waals surface area contributed by atoms with Gasteiger partial charge in [-0.25, -0.2) is 0 Å². The number of anilines is 2. The average Bonchev–Trinajstić information content (AvgIpc) is 2.66. The largest absolute Gasteiger partial charge is 0.496 e. The standard InChI is InChI=1S/C10H13N3O/c1-3-10(14-2)7-4-5-8-9(6-7)12-13-11-8/h3-6,11-13H,1-2H3. The Balaban J connectivity index is 2.37. The number of nitrogens with one attached hydrogen (secondary N) is 3. The lowest BCUT2D eigenvalue weighted by atomic mass is 10.1. The first kappa shape index (κ1) is 8.90. The molecule has 0 saturated heterocycles. The molecule has 0 atom stereocenters. The molecule has 0 aliphatic carbocycles. The number of allylic oxidation sites excluding steroid dienone is 1. The maximum atomic E-state index is 5.24. The van der Waals surface area contributed by atoms with Gasteiger partial charge in [0.05, 0.1) is 18.5 Å². The molecule has 1 aromatic rings. The lowest BCUT2D eigenvalue weighted by Gasteiger charge is -2.06. The lowest BCUT2D eigenvalue weighted by Crippen LogP contribution is -2.19. The van der Waals surface area contributed by atoms with E-state index in [1.54, 1.807) is 7.11 Å². The summed E-state index contributed by atoms with van der Waals surface area (Å²) < 4.78 is 5.24. The van der Waals surface area contributed by atoms with E-state index in [1.165, 1.54) is 0 Å². The van der Waals surface area contributed by atoms with Crippen LogP contribution in [0.2, 0.25) is 0 Å². The summed E-state index contributed by atoms with van der Waals surface area (Å²) in [4.78, 5) is 0. The van der Waals surface area contributed by atoms with Crippen LogP contribution < -0.4 is 16.4 Å². The number of rotatable bonds is 2.